The molecule has 2 atom stereocenters. The first-order valence-electron chi connectivity index (χ1n) is 41.3. The number of carbonyl (C=O) groups is 2. The molecule has 10 heteroatoms. The van der Waals surface area contributed by atoms with Gasteiger partial charge < -0.3 is 18.9 Å². The standard InChI is InChI=1S/C88H156NO8P/c1-6-8-10-12-14-16-18-20-22-24-26-28-30-32-34-36-38-40-42-44-46-48-50-52-54-56-58-60-62-64-66-68-70-72-74-76-78-80-87(90)94-84-86(85-96-98(92,93)95-83-82-89(3,4)5)97-88(91)81-79-77-75-73-71-69-67-65-63-61-59-57-55-53-51-49-47-45-43-41-39-37-35-33-31-29-27-25-23-21-19-17-15-13-11-9-7-2/h8-11,14-17,20-23,26-29,33,35,39,41,86H,6-7,12-13,18-19,24-25,30-32,34,36-38,40,42-85H2,1-5H3/p+1/b10-8-,11-9-,16-14-,17-15-,22-20-,23-21-,28-26-,29-27-,35-33-,41-39-. The van der Waals surface area contributed by atoms with E-state index in [1.54, 1.807) is 0 Å². The van der Waals surface area contributed by atoms with Gasteiger partial charge in [-0.2, -0.15) is 0 Å². The second-order valence-corrected chi connectivity index (χ2v) is 30.2. The van der Waals surface area contributed by atoms with E-state index in [4.69, 9.17) is 18.5 Å². The Morgan fingerprint density at radius 2 is 0.551 bits per heavy atom. The van der Waals surface area contributed by atoms with Crippen molar-refractivity contribution < 1.29 is 42.1 Å². The molecule has 2 unspecified atom stereocenters. The minimum Gasteiger partial charge on any atom is -0.462 e. The number of rotatable bonds is 76. The van der Waals surface area contributed by atoms with Crippen LogP contribution in [-0.4, -0.2) is 74.9 Å². The Hall–Kier alpha value is -3.59. The summed E-state index contributed by atoms with van der Waals surface area (Å²) in [4.78, 5) is 36.0. The molecule has 0 fully saturated rings. The van der Waals surface area contributed by atoms with E-state index < -0.39 is 26.5 Å². The Balaban J connectivity index is 3.92. The Bertz CT molecular complexity index is 2070. The predicted octanol–water partition coefficient (Wildman–Crippen LogP) is 27.7. The molecule has 9 nitrogen and oxygen atoms in total. The molecule has 0 aromatic rings. The summed E-state index contributed by atoms with van der Waals surface area (Å²) in [6, 6.07) is 0. The number of nitrogens with zero attached hydrogens (tertiary/aromatic N) is 1. The van der Waals surface area contributed by atoms with Gasteiger partial charge in [-0.1, -0.05) is 379 Å². The van der Waals surface area contributed by atoms with E-state index in [1.807, 2.05) is 21.1 Å². The molecule has 0 amide bonds. The molecule has 566 valence electrons. The van der Waals surface area contributed by atoms with Crippen LogP contribution in [0, 0.1) is 0 Å². The number of carbonyl (C=O) groups excluding carboxylic acids is 2. The van der Waals surface area contributed by atoms with Gasteiger partial charge in [0.25, 0.3) is 0 Å². The van der Waals surface area contributed by atoms with E-state index in [9.17, 15) is 19.0 Å². The average Bonchev–Trinajstić information content (AvgIpc) is 1.08. The minimum absolute atomic E-state index is 0.0309. The van der Waals surface area contributed by atoms with Crippen molar-refractivity contribution in [2.45, 2.75) is 380 Å². The highest BCUT2D eigenvalue weighted by atomic mass is 31.2. The molecule has 0 spiro atoms. The SMILES string of the molecule is CC/C=C\C/C=C\C/C=C\C/C=C\C/C=C\C/C=C\CCCCCCCCCCCCCCCCCCCCC(=O)OC(COC(=O)CCCCCCCCCCCCCCCCCCCCCCCCCC/C=C\C/C=C\C/C=C\C/C=C\CC)COP(=O)(O)OCC[N+](C)(C)C. The van der Waals surface area contributed by atoms with E-state index >= 15 is 0 Å². The number of unbranched alkanes of at least 4 members (excludes halogenated alkanes) is 42. The molecular weight excluding hydrogens is 1230 g/mol. The Labute approximate surface area is 607 Å². The normalized spacial score (nSPS) is 13.7. The van der Waals surface area contributed by atoms with Crippen molar-refractivity contribution in [3.63, 3.8) is 0 Å². The Kier molecular flexibility index (Phi) is 74.7. The van der Waals surface area contributed by atoms with Crippen LogP contribution in [0.2, 0.25) is 0 Å². The van der Waals surface area contributed by atoms with Crippen molar-refractivity contribution in [2.75, 3.05) is 47.5 Å². The summed E-state index contributed by atoms with van der Waals surface area (Å²) < 4.78 is 34.9. The number of phosphoric ester groups is 1. The molecule has 1 N–H and O–H groups in total. The fourth-order valence-electron chi connectivity index (χ4n) is 11.8. The predicted molar refractivity (Wildman–Crippen MR) is 427 cm³/mol. The maximum absolute atomic E-state index is 12.9. The molecule has 0 heterocycles. The summed E-state index contributed by atoms with van der Waals surface area (Å²) in [7, 11) is 1.49. The Morgan fingerprint density at radius 3 is 0.816 bits per heavy atom. The molecule has 0 bridgehead atoms. The topological polar surface area (TPSA) is 108 Å². The first-order valence-corrected chi connectivity index (χ1v) is 42.8. The molecule has 0 aliphatic rings. The average molecular weight is 1390 g/mol. The highest BCUT2D eigenvalue weighted by molar-refractivity contribution is 7.47. The van der Waals surface area contributed by atoms with Crippen molar-refractivity contribution in [1.82, 2.24) is 0 Å². The molecular formula is C88H157NO8P+. The van der Waals surface area contributed by atoms with Crippen LogP contribution in [0.1, 0.15) is 373 Å². The van der Waals surface area contributed by atoms with E-state index in [2.05, 4.69) is 135 Å². The zero-order valence-electron chi connectivity index (χ0n) is 64.8. The number of phosphoric acid groups is 1. The summed E-state index contributed by atoms with van der Waals surface area (Å²) in [5.41, 5.74) is 0. The number of hydrogen-bond acceptors (Lipinski definition) is 7. The lowest BCUT2D eigenvalue weighted by Crippen LogP contribution is -2.37. The lowest BCUT2D eigenvalue weighted by molar-refractivity contribution is -0.870. The molecule has 0 rings (SSSR count). The molecule has 0 aliphatic carbocycles. The van der Waals surface area contributed by atoms with Crippen LogP contribution in [0.3, 0.4) is 0 Å². The smallest absolute Gasteiger partial charge is 0.462 e. The van der Waals surface area contributed by atoms with Gasteiger partial charge in [-0.25, -0.2) is 4.57 Å². The van der Waals surface area contributed by atoms with E-state index in [0.29, 0.717) is 23.9 Å². The van der Waals surface area contributed by atoms with Gasteiger partial charge in [0.1, 0.15) is 19.8 Å². The quantitative estimate of drug-likeness (QED) is 0.0211. The minimum atomic E-state index is -4.40. The first kappa shape index (κ1) is 94.4. The van der Waals surface area contributed by atoms with Gasteiger partial charge in [-0.05, 0) is 103 Å². The van der Waals surface area contributed by atoms with Crippen molar-refractivity contribution in [1.29, 1.82) is 0 Å². The van der Waals surface area contributed by atoms with Crippen LogP contribution in [0.15, 0.2) is 122 Å². The summed E-state index contributed by atoms with van der Waals surface area (Å²) in [6.45, 7) is 4.26. The second-order valence-electron chi connectivity index (χ2n) is 28.7. The van der Waals surface area contributed by atoms with Crippen LogP contribution in [-0.2, 0) is 32.7 Å². The molecule has 0 radical (unpaired) electrons. The van der Waals surface area contributed by atoms with Crippen LogP contribution >= 0.6 is 7.82 Å². The lowest BCUT2D eigenvalue weighted by Gasteiger charge is -2.24. The molecule has 0 aromatic carbocycles. The third kappa shape index (κ3) is 81.4. The van der Waals surface area contributed by atoms with Gasteiger partial charge in [-0.15, -0.1) is 0 Å². The van der Waals surface area contributed by atoms with Gasteiger partial charge in [-0.3, -0.25) is 18.6 Å². The van der Waals surface area contributed by atoms with Crippen LogP contribution in [0.25, 0.3) is 0 Å². The third-order valence-corrected chi connectivity index (χ3v) is 19.0. The van der Waals surface area contributed by atoms with Crippen LogP contribution in [0.5, 0.6) is 0 Å². The number of allylic oxidation sites excluding steroid dienone is 20. The summed E-state index contributed by atoms with van der Waals surface area (Å²) in [6.07, 6.45) is 112. The Morgan fingerprint density at radius 1 is 0.316 bits per heavy atom. The van der Waals surface area contributed by atoms with E-state index in [1.165, 1.54) is 244 Å². The van der Waals surface area contributed by atoms with Gasteiger partial charge in [0, 0.05) is 12.8 Å². The second kappa shape index (κ2) is 77.6. The number of likely N-dealkylation sites (N-methyl/N-ethyl adjacent to an activating group) is 1. The van der Waals surface area contributed by atoms with Gasteiger partial charge >= 0.3 is 19.8 Å². The zero-order chi connectivity index (χ0) is 71.1. The van der Waals surface area contributed by atoms with E-state index in [0.717, 1.165) is 96.3 Å². The maximum Gasteiger partial charge on any atom is 0.472 e. The zero-order valence-corrected chi connectivity index (χ0v) is 65.6. The fraction of sp³-hybridized carbons (Fsp3) is 0.750. The third-order valence-electron chi connectivity index (χ3n) is 18.0. The number of esters is 2. The molecule has 0 aromatic heterocycles. The number of hydrogen-bond donors (Lipinski definition) is 1. The largest absolute Gasteiger partial charge is 0.472 e. The summed E-state index contributed by atoms with van der Waals surface area (Å²) >= 11 is 0. The van der Waals surface area contributed by atoms with Crippen LogP contribution in [0.4, 0.5) is 0 Å². The number of quaternary nitrogens is 1. The highest BCUT2D eigenvalue weighted by Crippen LogP contribution is 2.43. The van der Waals surface area contributed by atoms with Crippen LogP contribution < -0.4 is 0 Å². The highest BCUT2D eigenvalue weighted by Gasteiger charge is 2.27. The fourth-order valence-corrected chi connectivity index (χ4v) is 12.5. The first-order chi connectivity index (χ1) is 48.0. The monoisotopic (exact) mass is 1390 g/mol. The molecule has 98 heavy (non-hydrogen) atoms. The van der Waals surface area contributed by atoms with Crippen molar-refractivity contribution in [3.05, 3.63) is 122 Å². The molecule has 0 aliphatic heterocycles. The van der Waals surface area contributed by atoms with Gasteiger partial charge in [0.15, 0.2) is 6.10 Å². The van der Waals surface area contributed by atoms with Crippen molar-refractivity contribution in [3.8, 4) is 0 Å². The van der Waals surface area contributed by atoms with E-state index in [-0.39, 0.29) is 25.6 Å². The van der Waals surface area contributed by atoms with Crippen molar-refractivity contribution in [2.24, 2.45) is 0 Å². The maximum atomic E-state index is 12.9. The number of ether oxygens (including phenoxy) is 2. The molecule has 0 saturated heterocycles. The van der Waals surface area contributed by atoms with Gasteiger partial charge in [0.2, 0.25) is 0 Å². The lowest BCUT2D eigenvalue weighted by atomic mass is 10.0. The molecule has 0 saturated carbocycles. The van der Waals surface area contributed by atoms with Crippen molar-refractivity contribution >= 4 is 19.8 Å². The van der Waals surface area contributed by atoms with Gasteiger partial charge in [0.05, 0.1) is 27.7 Å². The summed E-state index contributed by atoms with van der Waals surface area (Å²) in [5, 5.41) is 0. The summed E-state index contributed by atoms with van der Waals surface area (Å²) in [5.74, 6) is -0.781.